The van der Waals surface area contributed by atoms with Crippen LogP contribution in [-0.2, 0) is 14.3 Å². The van der Waals surface area contributed by atoms with Crippen molar-refractivity contribution in [2.24, 2.45) is 0 Å². The van der Waals surface area contributed by atoms with Gasteiger partial charge in [0.1, 0.15) is 0 Å². The third-order valence-corrected chi connectivity index (χ3v) is 2.14. The van der Waals surface area contributed by atoms with Gasteiger partial charge >= 0.3 is 0 Å². The van der Waals surface area contributed by atoms with Gasteiger partial charge in [0.05, 0.1) is 19.8 Å². The van der Waals surface area contributed by atoms with Crippen LogP contribution in [0.15, 0.2) is 0 Å². The van der Waals surface area contributed by atoms with Gasteiger partial charge in [-0.2, -0.15) is 0 Å². The predicted octanol–water partition coefficient (Wildman–Crippen LogP) is -0.0606. The molecular weight excluding hydrogens is 232 g/mol. The predicted molar refractivity (Wildman–Crippen MR) is 64.0 cm³/mol. The van der Waals surface area contributed by atoms with Crippen molar-refractivity contribution >= 4 is 18.3 Å². The van der Waals surface area contributed by atoms with Crippen molar-refractivity contribution in [1.82, 2.24) is 10.6 Å². The molecule has 2 N–H and O–H groups in total. The third kappa shape index (κ3) is 6.27. The molecule has 0 radical (unpaired) electrons. The Kier molecular flexibility index (Phi) is 9.62. The van der Waals surface area contributed by atoms with Crippen LogP contribution in [-0.4, -0.2) is 51.5 Å². The van der Waals surface area contributed by atoms with Crippen LogP contribution in [0, 0.1) is 0 Å². The van der Waals surface area contributed by atoms with Crippen LogP contribution in [0.25, 0.3) is 0 Å². The second kappa shape index (κ2) is 9.84. The van der Waals surface area contributed by atoms with Crippen LogP contribution < -0.4 is 10.6 Å². The molecule has 1 unspecified atom stereocenters. The van der Waals surface area contributed by atoms with Gasteiger partial charge in [-0.25, -0.2) is 0 Å². The van der Waals surface area contributed by atoms with Gasteiger partial charge in [-0.3, -0.25) is 4.79 Å². The van der Waals surface area contributed by atoms with Crippen LogP contribution in [0.1, 0.15) is 13.3 Å². The quantitative estimate of drug-likeness (QED) is 0.651. The Balaban J connectivity index is 0.00000225. The number of halogens is 1. The molecule has 1 heterocycles. The van der Waals surface area contributed by atoms with E-state index in [2.05, 4.69) is 17.6 Å². The molecule has 0 aromatic rings. The van der Waals surface area contributed by atoms with Gasteiger partial charge in [0.15, 0.2) is 6.10 Å². The SMILES string of the molecule is CCCNCCNC(=O)C1COCCO1.Cl. The Hall–Kier alpha value is -0.360. The molecule has 0 aliphatic carbocycles. The molecular formula is C10H21ClN2O3. The number of nitrogens with one attached hydrogen (secondary N) is 2. The van der Waals surface area contributed by atoms with Gasteiger partial charge in [-0.05, 0) is 13.0 Å². The molecule has 16 heavy (non-hydrogen) atoms. The lowest BCUT2D eigenvalue weighted by molar-refractivity contribution is -0.147. The molecule has 0 aromatic heterocycles. The highest BCUT2D eigenvalue weighted by Gasteiger charge is 2.21. The summed E-state index contributed by atoms with van der Waals surface area (Å²) in [6.45, 7) is 5.99. The van der Waals surface area contributed by atoms with Crippen molar-refractivity contribution in [3.8, 4) is 0 Å². The van der Waals surface area contributed by atoms with Crippen LogP contribution in [0.3, 0.4) is 0 Å². The minimum Gasteiger partial charge on any atom is -0.376 e. The lowest BCUT2D eigenvalue weighted by Gasteiger charge is -2.22. The maximum atomic E-state index is 11.5. The van der Waals surface area contributed by atoms with Gasteiger partial charge in [0.2, 0.25) is 0 Å². The summed E-state index contributed by atoms with van der Waals surface area (Å²) in [5.74, 6) is -0.0759. The van der Waals surface area contributed by atoms with E-state index < -0.39 is 6.10 Å². The summed E-state index contributed by atoms with van der Waals surface area (Å²) in [5, 5.41) is 6.01. The van der Waals surface area contributed by atoms with E-state index in [0.717, 1.165) is 19.5 Å². The highest BCUT2D eigenvalue weighted by Crippen LogP contribution is 1.99. The zero-order valence-electron chi connectivity index (χ0n) is 9.66. The average Bonchev–Trinajstić information content (AvgIpc) is 2.30. The Morgan fingerprint density at radius 1 is 1.31 bits per heavy atom. The number of ether oxygens (including phenoxy) is 2. The molecule has 0 spiro atoms. The number of hydrogen-bond acceptors (Lipinski definition) is 4. The van der Waals surface area contributed by atoms with E-state index in [0.29, 0.717) is 26.4 Å². The van der Waals surface area contributed by atoms with Crippen molar-refractivity contribution < 1.29 is 14.3 Å². The summed E-state index contributed by atoms with van der Waals surface area (Å²) in [6, 6.07) is 0. The average molecular weight is 253 g/mol. The van der Waals surface area contributed by atoms with Crippen LogP contribution in [0.4, 0.5) is 0 Å². The van der Waals surface area contributed by atoms with Crippen molar-refractivity contribution in [1.29, 1.82) is 0 Å². The van der Waals surface area contributed by atoms with E-state index in [1.165, 1.54) is 0 Å². The Bertz CT molecular complexity index is 187. The second-order valence-corrected chi connectivity index (χ2v) is 3.48. The van der Waals surface area contributed by atoms with Crippen molar-refractivity contribution in [3.05, 3.63) is 0 Å². The number of hydrogen-bond donors (Lipinski definition) is 2. The minimum absolute atomic E-state index is 0. The molecule has 1 saturated heterocycles. The fraction of sp³-hybridized carbons (Fsp3) is 0.900. The monoisotopic (exact) mass is 252 g/mol. The van der Waals surface area contributed by atoms with Crippen LogP contribution in [0.2, 0.25) is 0 Å². The van der Waals surface area contributed by atoms with Crippen molar-refractivity contribution in [2.75, 3.05) is 39.5 Å². The first kappa shape index (κ1) is 15.6. The van der Waals surface area contributed by atoms with E-state index in [-0.39, 0.29) is 18.3 Å². The first-order valence-electron chi connectivity index (χ1n) is 5.52. The number of carbonyl (C=O) groups excluding carboxylic acids is 1. The smallest absolute Gasteiger partial charge is 0.251 e. The second-order valence-electron chi connectivity index (χ2n) is 3.48. The Morgan fingerprint density at radius 2 is 2.12 bits per heavy atom. The molecule has 1 fully saturated rings. The molecule has 5 nitrogen and oxygen atoms in total. The summed E-state index contributed by atoms with van der Waals surface area (Å²) in [5.41, 5.74) is 0. The molecule has 96 valence electrons. The largest absolute Gasteiger partial charge is 0.376 e. The number of carbonyl (C=O) groups is 1. The standard InChI is InChI=1S/C10H20N2O3.ClH/c1-2-3-11-4-5-12-10(13)9-8-14-6-7-15-9;/h9,11H,2-8H2,1H3,(H,12,13);1H. The summed E-state index contributed by atoms with van der Waals surface area (Å²) < 4.78 is 10.4. The van der Waals surface area contributed by atoms with Crippen LogP contribution >= 0.6 is 12.4 Å². The highest BCUT2D eigenvalue weighted by molar-refractivity contribution is 5.85. The maximum absolute atomic E-state index is 11.5. The van der Waals surface area contributed by atoms with Gasteiger partial charge in [0.25, 0.3) is 5.91 Å². The van der Waals surface area contributed by atoms with Crippen molar-refractivity contribution in [2.45, 2.75) is 19.4 Å². The van der Waals surface area contributed by atoms with Gasteiger partial charge < -0.3 is 20.1 Å². The summed E-state index contributed by atoms with van der Waals surface area (Å²) >= 11 is 0. The van der Waals surface area contributed by atoms with Crippen molar-refractivity contribution in [3.63, 3.8) is 0 Å². The van der Waals surface area contributed by atoms with E-state index in [4.69, 9.17) is 9.47 Å². The maximum Gasteiger partial charge on any atom is 0.251 e. The van der Waals surface area contributed by atoms with Crippen LogP contribution in [0.5, 0.6) is 0 Å². The zero-order valence-corrected chi connectivity index (χ0v) is 10.5. The fourth-order valence-corrected chi connectivity index (χ4v) is 1.33. The highest BCUT2D eigenvalue weighted by atomic mass is 35.5. The summed E-state index contributed by atoms with van der Waals surface area (Å²) in [7, 11) is 0. The topological polar surface area (TPSA) is 59.6 Å². The molecule has 1 rings (SSSR count). The minimum atomic E-state index is -0.426. The number of rotatable bonds is 6. The molecule has 0 bridgehead atoms. The van der Waals surface area contributed by atoms with E-state index in [1.54, 1.807) is 0 Å². The lowest BCUT2D eigenvalue weighted by Crippen LogP contribution is -2.44. The van der Waals surface area contributed by atoms with Gasteiger partial charge in [0, 0.05) is 13.1 Å². The van der Waals surface area contributed by atoms with E-state index in [1.807, 2.05) is 0 Å². The van der Waals surface area contributed by atoms with E-state index >= 15 is 0 Å². The van der Waals surface area contributed by atoms with E-state index in [9.17, 15) is 4.79 Å². The molecule has 1 amide bonds. The molecule has 1 aliphatic heterocycles. The molecule has 0 aromatic carbocycles. The normalized spacial score (nSPS) is 19.9. The summed E-state index contributed by atoms with van der Waals surface area (Å²) in [4.78, 5) is 11.5. The number of amides is 1. The molecule has 1 aliphatic rings. The fourth-order valence-electron chi connectivity index (χ4n) is 1.33. The van der Waals surface area contributed by atoms with Gasteiger partial charge in [-0.15, -0.1) is 12.4 Å². The molecule has 1 atom stereocenters. The lowest BCUT2D eigenvalue weighted by atomic mass is 10.3. The molecule has 6 heteroatoms. The first-order valence-corrected chi connectivity index (χ1v) is 5.52. The Labute approximate surface area is 103 Å². The van der Waals surface area contributed by atoms with Gasteiger partial charge in [-0.1, -0.05) is 6.92 Å². The zero-order chi connectivity index (χ0) is 10.9. The first-order chi connectivity index (χ1) is 7.34. The Morgan fingerprint density at radius 3 is 2.75 bits per heavy atom. The third-order valence-electron chi connectivity index (χ3n) is 2.14. The molecule has 0 saturated carbocycles. The summed E-state index contributed by atoms with van der Waals surface area (Å²) in [6.07, 6.45) is 0.679.